The van der Waals surface area contributed by atoms with Gasteiger partial charge in [0.25, 0.3) is 0 Å². The Bertz CT molecular complexity index is 949. The Labute approximate surface area is 139 Å². The van der Waals surface area contributed by atoms with Gasteiger partial charge >= 0.3 is 0 Å². The average molecular weight is 309 g/mol. The van der Waals surface area contributed by atoms with Crippen molar-refractivity contribution in [2.45, 2.75) is 0 Å². The Morgan fingerprint density at radius 1 is 0.458 bits per heavy atom. The molecule has 0 aliphatic carbocycles. The van der Waals surface area contributed by atoms with Gasteiger partial charge in [-0.1, -0.05) is 48.5 Å². The van der Waals surface area contributed by atoms with Crippen molar-refractivity contribution < 1.29 is 0 Å². The van der Waals surface area contributed by atoms with E-state index in [2.05, 4.69) is 27.1 Å². The molecule has 3 nitrogen and oxygen atoms in total. The molecule has 0 radical (unpaired) electrons. The molecule has 24 heavy (non-hydrogen) atoms. The fourth-order valence-corrected chi connectivity index (χ4v) is 2.59. The fourth-order valence-electron chi connectivity index (χ4n) is 2.59. The number of benzene rings is 3. The number of rotatable bonds is 0. The highest BCUT2D eigenvalue weighted by Crippen LogP contribution is 2.14. The Morgan fingerprint density at radius 3 is 1.42 bits per heavy atom. The molecule has 0 bridgehead atoms. The number of aromatic nitrogens is 3. The van der Waals surface area contributed by atoms with Gasteiger partial charge in [0.1, 0.15) is 0 Å². The van der Waals surface area contributed by atoms with E-state index in [1.165, 1.54) is 10.8 Å². The summed E-state index contributed by atoms with van der Waals surface area (Å²) in [6, 6.07) is 26.0. The molecule has 0 fully saturated rings. The first-order valence-corrected chi connectivity index (χ1v) is 7.80. The zero-order valence-electron chi connectivity index (χ0n) is 13.0. The maximum absolute atomic E-state index is 4.52. The minimum atomic E-state index is 0.950. The molecule has 0 unspecified atom stereocenters. The number of fused-ring (bicyclic) bond motifs is 3. The van der Waals surface area contributed by atoms with E-state index >= 15 is 0 Å². The molecule has 5 aromatic rings. The van der Waals surface area contributed by atoms with Crippen LogP contribution in [0.4, 0.5) is 0 Å². The van der Waals surface area contributed by atoms with E-state index in [1.54, 1.807) is 0 Å². The lowest BCUT2D eigenvalue weighted by molar-refractivity contribution is 1.36. The van der Waals surface area contributed by atoms with Crippen LogP contribution in [0.3, 0.4) is 0 Å². The number of hydrogen-bond donors (Lipinski definition) is 0. The van der Waals surface area contributed by atoms with E-state index in [4.69, 9.17) is 0 Å². The zero-order chi connectivity index (χ0) is 16.2. The predicted octanol–water partition coefficient (Wildman–Crippen LogP) is 5.02. The van der Waals surface area contributed by atoms with Gasteiger partial charge in [-0.2, -0.15) is 0 Å². The Morgan fingerprint density at radius 2 is 0.917 bits per heavy atom. The van der Waals surface area contributed by atoms with E-state index in [0.29, 0.717) is 0 Å². The van der Waals surface area contributed by atoms with Crippen LogP contribution in [0.5, 0.6) is 0 Å². The summed E-state index contributed by atoms with van der Waals surface area (Å²) in [4.78, 5) is 13.0. The minimum Gasteiger partial charge on any atom is -0.264 e. The lowest BCUT2D eigenvalue weighted by atomic mass is 10.2. The smallest absolute Gasteiger partial charge is 0.0894 e. The molecule has 0 atom stereocenters. The van der Waals surface area contributed by atoms with Crippen molar-refractivity contribution >= 4 is 32.8 Å². The van der Waals surface area contributed by atoms with Crippen LogP contribution in [0.2, 0.25) is 0 Å². The highest BCUT2D eigenvalue weighted by molar-refractivity contribution is 5.85. The molecule has 0 saturated carbocycles. The van der Waals surface area contributed by atoms with Crippen molar-refractivity contribution in [1.82, 2.24) is 15.0 Å². The third kappa shape index (κ3) is 2.92. The van der Waals surface area contributed by atoms with Crippen molar-refractivity contribution in [2.75, 3.05) is 0 Å². The molecule has 2 heterocycles. The second-order valence-electron chi connectivity index (χ2n) is 5.42. The topological polar surface area (TPSA) is 38.7 Å². The van der Waals surface area contributed by atoms with Gasteiger partial charge in [-0.15, -0.1) is 0 Å². The first-order chi connectivity index (χ1) is 11.9. The first kappa shape index (κ1) is 14.3. The third-order valence-corrected chi connectivity index (χ3v) is 3.80. The van der Waals surface area contributed by atoms with Crippen LogP contribution in [0, 0.1) is 0 Å². The van der Waals surface area contributed by atoms with E-state index in [9.17, 15) is 0 Å². The Balaban J connectivity index is 0.000000129. The summed E-state index contributed by atoms with van der Waals surface area (Å²) in [5.74, 6) is 0. The molecule has 0 saturated heterocycles. The van der Waals surface area contributed by atoms with Gasteiger partial charge in [-0.3, -0.25) is 4.98 Å². The zero-order valence-corrected chi connectivity index (χ0v) is 13.0. The van der Waals surface area contributed by atoms with Gasteiger partial charge in [0.15, 0.2) is 0 Å². The second-order valence-corrected chi connectivity index (χ2v) is 5.42. The number of para-hydroxylation sites is 4. The van der Waals surface area contributed by atoms with Crippen LogP contribution in [0.15, 0.2) is 91.3 Å². The number of nitrogens with zero attached hydrogens (tertiary/aromatic N) is 3. The lowest BCUT2D eigenvalue weighted by Gasteiger charge is -1.98. The molecular weight excluding hydrogens is 294 g/mol. The maximum Gasteiger partial charge on any atom is 0.0894 e. The van der Waals surface area contributed by atoms with Crippen LogP contribution >= 0.6 is 0 Å². The molecule has 0 N–H and O–H groups in total. The normalized spacial score (nSPS) is 10.5. The summed E-state index contributed by atoms with van der Waals surface area (Å²) >= 11 is 0. The van der Waals surface area contributed by atoms with E-state index in [0.717, 1.165) is 22.1 Å². The summed E-state index contributed by atoms with van der Waals surface area (Å²) in [7, 11) is 0. The SMILES string of the molecule is c1ccc2cnccc2c1.c1ccc2nc3ccccc3nc2c1. The number of hydrogen-bond acceptors (Lipinski definition) is 3. The summed E-state index contributed by atoms with van der Waals surface area (Å²) in [6.45, 7) is 0. The molecule has 3 heteroatoms. The molecule has 0 spiro atoms. The molecular formula is C21H15N3. The third-order valence-electron chi connectivity index (χ3n) is 3.80. The van der Waals surface area contributed by atoms with E-state index < -0.39 is 0 Å². The molecule has 3 aromatic carbocycles. The van der Waals surface area contributed by atoms with E-state index in [-0.39, 0.29) is 0 Å². The van der Waals surface area contributed by atoms with Crippen LogP contribution in [-0.4, -0.2) is 15.0 Å². The van der Waals surface area contributed by atoms with Crippen molar-refractivity contribution in [3.05, 3.63) is 91.3 Å². The minimum absolute atomic E-state index is 0.950. The van der Waals surface area contributed by atoms with Crippen molar-refractivity contribution in [3.8, 4) is 0 Å². The largest absolute Gasteiger partial charge is 0.264 e. The monoisotopic (exact) mass is 309 g/mol. The van der Waals surface area contributed by atoms with E-state index in [1.807, 2.05) is 79.1 Å². The highest BCUT2D eigenvalue weighted by atomic mass is 14.8. The quantitative estimate of drug-likeness (QED) is 0.377. The van der Waals surface area contributed by atoms with Gasteiger partial charge in [-0.25, -0.2) is 9.97 Å². The Kier molecular flexibility index (Phi) is 3.82. The molecule has 0 aliphatic rings. The second kappa shape index (κ2) is 6.42. The number of pyridine rings is 1. The van der Waals surface area contributed by atoms with Gasteiger partial charge in [-0.05, 0) is 41.1 Å². The summed E-state index contributed by atoms with van der Waals surface area (Å²) in [6.07, 6.45) is 3.68. The van der Waals surface area contributed by atoms with Gasteiger partial charge in [0, 0.05) is 12.4 Å². The van der Waals surface area contributed by atoms with Crippen LogP contribution < -0.4 is 0 Å². The van der Waals surface area contributed by atoms with Crippen molar-refractivity contribution in [1.29, 1.82) is 0 Å². The van der Waals surface area contributed by atoms with Gasteiger partial charge in [0.2, 0.25) is 0 Å². The van der Waals surface area contributed by atoms with Crippen molar-refractivity contribution in [3.63, 3.8) is 0 Å². The van der Waals surface area contributed by atoms with Crippen LogP contribution in [0.25, 0.3) is 32.8 Å². The first-order valence-electron chi connectivity index (χ1n) is 7.80. The van der Waals surface area contributed by atoms with Crippen LogP contribution in [0.1, 0.15) is 0 Å². The molecule has 0 amide bonds. The summed E-state index contributed by atoms with van der Waals surface area (Å²) in [5.41, 5.74) is 3.80. The lowest BCUT2D eigenvalue weighted by Crippen LogP contribution is -1.85. The van der Waals surface area contributed by atoms with Crippen molar-refractivity contribution in [2.24, 2.45) is 0 Å². The summed E-state index contributed by atoms with van der Waals surface area (Å²) < 4.78 is 0. The fraction of sp³-hybridized carbons (Fsp3) is 0. The molecule has 2 aromatic heterocycles. The molecule has 5 rings (SSSR count). The standard InChI is InChI=1S/C12H8N2.C9H7N/c1-2-6-10-9(5-1)13-11-7-3-4-8-12(11)14-10;1-2-4-9-7-10-6-5-8(9)3-1/h1-8H;1-7H. The molecule has 114 valence electrons. The molecule has 0 aliphatic heterocycles. The Hall–Kier alpha value is -3.33. The van der Waals surface area contributed by atoms with Gasteiger partial charge < -0.3 is 0 Å². The highest BCUT2D eigenvalue weighted by Gasteiger charge is 1.98. The van der Waals surface area contributed by atoms with Crippen LogP contribution in [-0.2, 0) is 0 Å². The summed E-state index contributed by atoms with van der Waals surface area (Å²) in [5, 5.41) is 2.45. The van der Waals surface area contributed by atoms with Gasteiger partial charge in [0.05, 0.1) is 22.1 Å². The maximum atomic E-state index is 4.52. The predicted molar refractivity (Wildman–Crippen MR) is 98.8 cm³/mol. The average Bonchev–Trinajstić information content (AvgIpc) is 2.67.